The molecule has 0 saturated carbocycles. The van der Waals surface area contributed by atoms with Crippen LogP contribution in [0.3, 0.4) is 0 Å². The van der Waals surface area contributed by atoms with Gasteiger partial charge >= 0.3 is 0 Å². The fourth-order valence-corrected chi connectivity index (χ4v) is 1.22. The lowest BCUT2D eigenvalue weighted by atomic mass is 10.1. The highest BCUT2D eigenvalue weighted by Gasteiger charge is 2.21. The lowest BCUT2D eigenvalue weighted by Gasteiger charge is -2.05. The van der Waals surface area contributed by atoms with Crippen LogP contribution in [-0.2, 0) is 6.42 Å². The van der Waals surface area contributed by atoms with E-state index in [1.165, 1.54) is 6.92 Å². The Hall–Kier alpha value is -2.10. The molecule has 1 rings (SSSR count). The van der Waals surface area contributed by atoms with Crippen molar-refractivity contribution in [1.82, 2.24) is 4.98 Å². The normalized spacial score (nSPS) is 10.2. The molecule has 5 nitrogen and oxygen atoms in total. The number of hydrogen-bond donors (Lipinski definition) is 0. The molecule has 16 heavy (non-hydrogen) atoms. The van der Waals surface area contributed by atoms with Crippen molar-refractivity contribution in [3.05, 3.63) is 33.1 Å². The van der Waals surface area contributed by atoms with Crippen LogP contribution in [0.1, 0.15) is 23.4 Å². The number of aromatic nitrogens is 1. The van der Waals surface area contributed by atoms with Gasteiger partial charge in [-0.15, -0.1) is 0 Å². The highest BCUT2D eigenvalue weighted by Crippen LogP contribution is 2.26. The number of halogens is 2. The Balaban J connectivity index is 3.40. The van der Waals surface area contributed by atoms with Gasteiger partial charge in [-0.05, 0) is 6.92 Å². The zero-order valence-electron chi connectivity index (χ0n) is 8.28. The van der Waals surface area contributed by atoms with E-state index in [4.69, 9.17) is 5.26 Å². The van der Waals surface area contributed by atoms with Crippen LogP contribution in [0.2, 0.25) is 0 Å². The molecule has 1 aromatic heterocycles. The molecule has 0 amide bonds. The molecule has 1 aromatic rings. The molecule has 0 aliphatic carbocycles. The van der Waals surface area contributed by atoms with E-state index in [-0.39, 0.29) is 17.7 Å². The highest BCUT2D eigenvalue weighted by molar-refractivity contribution is 5.44. The molecule has 0 spiro atoms. The Bertz CT molecular complexity index is 469. The molecule has 0 saturated heterocycles. The summed E-state index contributed by atoms with van der Waals surface area (Å²) in [5.74, 6) is 0. The van der Waals surface area contributed by atoms with E-state index in [9.17, 15) is 18.9 Å². The van der Waals surface area contributed by atoms with Crippen LogP contribution in [0.4, 0.5) is 14.5 Å². The average Bonchev–Trinajstić information content (AvgIpc) is 2.20. The van der Waals surface area contributed by atoms with Crippen molar-refractivity contribution in [3.63, 3.8) is 0 Å². The molecule has 7 heteroatoms. The summed E-state index contributed by atoms with van der Waals surface area (Å²) < 4.78 is 24.8. The minimum atomic E-state index is -2.89. The van der Waals surface area contributed by atoms with Gasteiger partial charge in [0, 0.05) is 11.6 Å². The summed E-state index contributed by atoms with van der Waals surface area (Å²) in [6, 6.07) is 2.46. The van der Waals surface area contributed by atoms with Gasteiger partial charge in [0.1, 0.15) is 5.69 Å². The van der Waals surface area contributed by atoms with Gasteiger partial charge in [-0.2, -0.15) is 5.26 Å². The SMILES string of the molecule is Cc1c([N+](=O)[O-])cc(C(F)F)nc1CC#N. The van der Waals surface area contributed by atoms with Crippen molar-refractivity contribution < 1.29 is 13.7 Å². The maximum atomic E-state index is 12.4. The first-order valence-electron chi connectivity index (χ1n) is 4.27. The quantitative estimate of drug-likeness (QED) is 0.586. The van der Waals surface area contributed by atoms with E-state index in [2.05, 4.69) is 4.98 Å². The van der Waals surface area contributed by atoms with E-state index in [0.29, 0.717) is 0 Å². The lowest BCUT2D eigenvalue weighted by molar-refractivity contribution is -0.385. The first kappa shape index (κ1) is 12.0. The molecule has 0 aliphatic rings. The minimum absolute atomic E-state index is 0.0204. The van der Waals surface area contributed by atoms with Crippen molar-refractivity contribution in [3.8, 4) is 6.07 Å². The summed E-state index contributed by atoms with van der Waals surface area (Å²) in [4.78, 5) is 13.4. The smallest absolute Gasteiger partial charge is 0.258 e. The molecule has 0 fully saturated rings. The van der Waals surface area contributed by atoms with Gasteiger partial charge in [-0.1, -0.05) is 0 Å². The topological polar surface area (TPSA) is 79.8 Å². The Labute approximate surface area is 89.5 Å². The molecule has 0 unspecified atom stereocenters. The molecule has 0 N–H and O–H groups in total. The van der Waals surface area contributed by atoms with Crippen LogP contribution in [0.5, 0.6) is 0 Å². The van der Waals surface area contributed by atoms with Gasteiger partial charge in [0.25, 0.3) is 12.1 Å². The summed E-state index contributed by atoms with van der Waals surface area (Å²) in [5.41, 5.74) is -0.943. The molecular formula is C9H7F2N3O2. The molecule has 0 aromatic carbocycles. The van der Waals surface area contributed by atoms with Crippen LogP contribution in [0, 0.1) is 28.4 Å². The van der Waals surface area contributed by atoms with Gasteiger partial charge in [-0.3, -0.25) is 10.1 Å². The van der Waals surface area contributed by atoms with Crippen LogP contribution in [0.15, 0.2) is 6.07 Å². The zero-order chi connectivity index (χ0) is 12.3. The maximum absolute atomic E-state index is 12.4. The monoisotopic (exact) mass is 227 g/mol. The molecule has 0 radical (unpaired) electrons. The third-order valence-corrected chi connectivity index (χ3v) is 2.03. The molecule has 1 heterocycles. The number of nitriles is 1. The first-order chi connectivity index (χ1) is 7.47. The van der Waals surface area contributed by atoms with E-state index in [1.54, 1.807) is 6.07 Å². The molecule has 84 valence electrons. The van der Waals surface area contributed by atoms with Crippen LogP contribution < -0.4 is 0 Å². The van der Waals surface area contributed by atoms with Crippen LogP contribution in [-0.4, -0.2) is 9.91 Å². The lowest BCUT2D eigenvalue weighted by Crippen LogP contribution is -2.03. The average molecular weight is 227 g/mol. The molecular weight excluding hydrogens is 220 g/mol. The van der Waals surface area contributed by atoms with Crippen molar-refractivity contribution in [2.45, 2.75) is 19.8 Å². The molecule has 0 aliphatic heterocycles. The fourth-order valence-electron chi connectivity index (χ4n) is 1.22. The van der Waals surface area contributed by atoms with Gasteiger partial charge < -0.3 is 0 Å². The van der Waals surface area contributed by atoms with Crippen LogP contribution in [0.25, 0.3) is 0 Å². The Morgan fingerprint density at radius 1 is 1.69 bits per heavy atom. The summed E-state index contributed by atoms with van der Waals surface area (Å²) in [6.07, 6.45) is -3.12. The zero-order valence-corrected chi connectivity index (χ0v) is 8.28. The highest BCUT2D eigenvalue weighted by atomic mass is 19.3. The second kappa shape index (κ2) is 4.61. The predicted octanol–water partition coefficient (Wildman–Crippen LogP) is 2.30. The van der Waals surface area contributed by atoms with Crippen molar-refractivity contribution in [1.29, 1.82) is 5.26 Å². The van der Waals surface area contributed by atoms with E-state index < -0.39 is 22.7 Å². The van der Waals surface area contributed by atoms with Gasteiger partial charge in [0.15, 0.2) is 0 Å². The van der Waals surface area contributed by atoms with Gasteiger partial charge in [-0.25, -0.2) is 13.8 Å². The summed E-state index contributed by atoms with van der Waals surface area (Å²) in [7, 11) is 0. The van der Waals surface area contributed by atoms with Gasteiger partial charge in [0.2, 0.25) is 0 Å². The first-order valence-corrected chi connectivity index (χ1v) is 4.27. The third-order valence-electron chi connectivity index (χ3n) is 2.03. The second-order valence-electron chi connectivity index (χ2n) is 3.03. The van der Waals surface area contributed by atoms with Crippen molar-refractivity contribution >= 4 is 5.69 Å². The number of pyridine rings is 1. The van der Waals surface area contributed by atoms with E-state index in [1.807, 2.05) is 0 Å². The number of nitrogens with zero attached hydrogens (tertiary/aromatic N) is 3. The fraction of sp³-hybridized carbons (Fsp3) is 0.333. The molecule has 0 bridgehead atoms. The van der Waals surface area contributed by atoms with Crippen LogP contribution >= 0.6 is 0 Å². The number of hydrogen-bond acceptors (Lipinski definition) is 4. The minimum Gasteiger partial charge on any atom is -0.258 e. The number of alkyl halides is 2. The summed E-state index contributed by atoms with van der Waals surface area (Å²) >= 11 is 0. The largest absolute Gasteiger partial charge is 0.280 e. The summed E-state index contributed by atoms with van der Waals surface area (Å²) in [6.45, 7) is 1.38. The van der Waals surface area contributed by atoms with Gasteiger partial charge in [0.05, 0.1) is 23.1 Å². The third kappa shape index (κ3) is 2.28. The Kier molecular flexibility index (Phi) is 3.45. The number of rotatable bonds is 3. The molecule has 0 atom stereocenters. The van der Waals surface area contributed by atoms with E-state index >= 15 is 0 Å². The standard InChI is InChI=1S/C9H7F2N3O2/c1-5-6(2-3-12)13-7(9(10)11)4-8(5)14(15)16/h4,9H,2H2,1H3. The second-order valence-corrected chi connectivity index (χ2v) is 3.03. The predicted molar refractivity (Wildman–Crippen MR) is 49.9 cm³/mol. The Morgan fingerprint density at radius 3 is 2.75 bits per heavy atom. The van der Waals surface area contributed by atoms with E-state index in [0.717, 1.165) is 6.07 Å². The number of nitro groups is 1. The van der Waals surface area contributed by atoms with Crippen molar-refractivity contribution in [2.24, 2.45) is 0 Å². The Morgan fingerprint density at radius 2 is 2.31 bits per heavy atom. The van der Waals surface area contributed by atoms with Crippen molar-refractivity contribution in [2.75, 3.05) is 0 Å². The summed E-state index contributed by atoms with van der Waals surface area (Å²) in [5, 5.41) is 19.1. The maximum Gasteiger partial charge on any atom is 0.280 e.